The summed E-state index contributed by atoms with van der Waals surface area (Å²) in [6.45, 7) is 0. The predicted octanol–water partition coefficient (Wildman–Crippen LogP) is 5.33. The van der Waals surface area contributed by atoms with Crippen LogP contribution in [0.2, 0.25) is 0 Å². The molecule has 132 valence electrons. The largest absolute Gasteiger partial charge is 0.292 e. The standard InChI is InChI=1S/C25H17N3/c1-2-6-20-15(4-1)10-18-12-19-11-16-7-9-26-14-22(16)28-24(19)21(23(18)20)13-17-5-3-8-27-25(17)28/h1-9,12,14H,10-11,13H2. The number of benzene rings is 2. The molecule has 3 heteroatoms. The second-order valence-corrected chi connectivity index (χ2v) is 7.91. The molecular weight excluding hydrogens is 342 g/mol. The average molecular weight is 359 g/mol. The Kier molecular flexibility index (Phi) is 2.64. The third-order valence-electron chi connectivity index (χ3n) is 6.41. The van der Waals surface area contributed by atoms with Crippen molar-refractivity contribution in [3.05, 3.63) is 101 Å². The fourth-order valence-corrected chi connectivity index (χ4v) is 5.31. The fraction of sp³-hybridized carbons (Fsp3) is 0.120. The minimum Gasteiger partial charge on any atom is -0.292 e. The van der Waals surface area contributed by atoms with E-state index in [0.717, 1.165) is 25.1 Å². The summed E-state index contributed by atoms with van der Waals surface area (Å²) in [6, 6.07) is 17.7. The number of aromatic nitrogens is 2. The Bertz CT molecular complexity index is 1290. The molecule has 2 aliphatic heterocycles. The first-order chi connectivity index (χ1) is 13.9. The molecule has 1 aliphatic carbocycles. The monoisotopic (exact) mass is 359 g/mol. The van der Waals surface area contributed by atoms with Crippen molar-refractivity contribution in [3.63, 3.8) is 0 Å². The van der Waals surface area contributed by atoms with Crippen molar-refractivity contribution in [2.24, 2.45) is 0 Å². The van der Waals surface area contributed by atoms with Crippen molar-refractivity contribution < 1.29 is 0 Å². The van der Waals surface area contributed by atoms with Crippen LogP contribution in [0.5, 0.6) is 0 Å². The molecule has 0 fully saturated rings. The molecule has 28 heavy (non-hydrogen) atoms. The van der Waals surface area contributed by atoms with Crippen LogP contribution in [0.1, 0.15) is 33.4 Å². The minimum absolute atomic E-state index is 0.940. The molecule has 0 saturated carbocycles. The third kappa shape index (κ3) is 1.74. The third-order valence-corrected chi connectivity index (χ3v) is 6.41. The van der Waals surface area contributed by atoms with Crippen LogP contribution in [-0.2, 0) is 19.3 Å². The van der Waals surface area contributed by atoms with Crippen LogP contribution in [-0.4, -0.2) is 9.97 Å². The van der Waals surface area contributed by atoms with Gasteiger partial charge in [0.05, 0.1) is 17.6 Å². The second kappa shape index (κ2) is 5.08. The van der Waals surface area contributed by atoms with Crippen LogP contribution in [0.3, 0.4) is 0 Å². The molecule has 0 N–H and O–H groups in total. The average Bonchev–Trinajstić information content (AvgIpc) is 3.11. The van der Waals surface area contributed by atoms with Gasteiger partial charge in [-0.3, -0.25) is 9.88 Å². The van der Waals surface area contributed by atoms with Gasteiger partial charge in [0.2, 0.25) is 0 Å². The van der Waals surface area contributed by atoms with E-state index in [0.29, 0.717) is 0 Å². The lowest BCUT2D eigenvalue weighted by atomic mass is 9.83. The van der Waals surface area contributed by atoms with Crippen molar-refractivity contribution in [2.75, 3.05) is 4.90 Å². The fourth-order valence-electron chi connectivity index (χ4n) is 5.31. The molecule has 3 nitrogen and oxygen atoms in total. The molecule has 0 amide bonds. The quantitative estimate of drug-likeness (QED) is 0.367. The number of rotatable bonds is 0. The summed E-state index contributed by atoms with van der Waals surface area (Å²) in [5.41, 5.74) is 13.7. The lowest BCUT2D eigenvalue weighted by Crippen LogP contribution is -2.26. The molecule has 2 aromatic heterocycles. The summed E-state index contributed by atoms with van der Waals surface area (Å²) in [5.74, 6) is 1.05. The van der Waals surface area contributed by atoms with Crippen LogP contribution in [0.4, 0.5) is 17.2 Å². The zero-order valence-electron chi connectivity index (χ0n) is 15.3. The van der Waals surface area contributed by atoms with Gasteiger partial charge in [-0.1, -0.05) is 36.4 Å². The molecule has 4 heterocycles. The molecule has 7 rings (SSSR count). The number of anilines is 3. The zero-order chi connectivity index (χ0) is 18.2. The van der Waals surface area contributed by atoms with E-state index in [2.05, 4.69) is 58.4 Å². The molecule has 0 radical (unpaired) electrons. The SMILES string of the molecule is c1ccc2c(c1)Cc1cc3c4c(c1-2)Cc1cccnc1N4c1cnccc1C3. The van der Waals surface area contributed by atoms with Crippen LogP contribution >= 0.6 is 0 Å². The molecule has 0 unspecified atom stereocenters. The van der Waals surface area contributed by atoms with E-state index < -0.39 is 0 Å². The Labute approximate surface area is 163 Å². The summed E-state index contributed by atoms with van der Waals surface area (Å²) >= 11 is 0. The molecule has 0 bridgehead atoms. The van der Waals surface area contributed by atoms with Gasteiger partial charge in [0, 0.05) is 25.2 Å². The summed E-state index contributed by atoms with van der Waals surface area (Å²) in [4.78, 5) is 11.6. The number of nitrogens with zero attached hydrogens (tertiary/aromatic N) is 3. The predicted molar refractivity (Wildman–Crippen MR) is 111 cm³/mol. The van der Waals surface area contributed by atoms with Gasteiger partial charge >= 0.3 is 0 Å². The maximum atomic E-state index is 4.78. The smallest absolute Gasteiger partial charge is 0.141 e. The number of hydrogen-bond donors (Lipinski definition) is 0. The lowest BCUT2D eigenvalue weighted by Gasteiger charge is -2.39. The first-order valence-electron chi connectivity index (χ1n) is 9.81. The van der Waals surface area contributed by atoms with Gasteiger partial charge in [-0.2, -0.15) is 0 Å². The highest BCUT2D eigenvalue weighted by atomic mass is 15.2. The van der Waals surface area contributed by atoms with E-state index >= 15 is 0 Å². The normalized spacial score (nSPS) is 14.6. The van der Waals surface area contributed by atoms with E-state index in [1.165, 1.54) is 55.9 Å². The highest BCUT2D eigenvalue weighted by Crippen LogP contribution is 2.54. The van der Waals surface area contributed by atoms with Gasteiger partial charge in [-0.25, -0.2) is 4.98 Å². The van der Waals surface area contributed by atoms with Crippen molar-refractivity contribution in [2.45, 2.75) is 19.3 Å². The van der Waals surface area contributed by atoms with Crippen molar-refractivity contribution in [1.29, 1.82) is 0 Å². The van der Waals surface area contributed by atoms with Crippen molar-refractivity contribution >= 4 is 17.2 Å². The van der Waals surface area contributed by atoms with E-state index in [1.807, 2.05) is 18.6 Å². The maximum absolute atomic E-state index is 4.78. The van der Waals surface area contributed by atoms with Crippen LogP contribution in [0.25, 0.3) is 11.1 Å². The highest BCUT2D eigenvalue weighted by Gasteiger charge is 2.36. The number of hydrogen-bond acceptors (Lipinski definition) is 3. The number of pyridine rings is 2. The maximum Gasteiger partial charge on any atom is 0.141 e. The van der Waals surface area contributed by atoms with Gasteiger partial charge in [0.1, 0.15) is 5.82 Å². The van der Waals surface area contributed by atoms with Gasteiger partial charge in [-0.05, 0) is 63.1 Å². The summed E-state index contributed by atoms with van der Waals surface area (Å²) in [6.07, 6.45) is 8.73. The Morgan fingerprint density at radius 2 is 1.64 bits per heavy atom. The Morgan fingerprint density at radius 1 is 0.750 bits per heavy atom. The second-order valence-electron chi connectivity index (χ2n) is 7.91. The lowest BCUT2D eigenvalue weighted by molar-refractivity contribution is 0.971. The Morgan fingerprint density at radius 3 is 2.64 bits per heavy atom. The molecular formula is C25H17N3. The Balaban J connectivity index is 1.60. The number of fused-ring (bicyclic) bond motifs is 8. The van der Waals surface area contributed by atoms with E-state index in [9.17, 15) is 0 Å². The van der Waals surface area contributed by atoms with Gasteiger partial charge in [0.25, 0.3) is 0 Å². The molecule has 3 aliphatic rings. The van der Waals surface area contributed by atoms with Crippen molar-refractivity contribution in [3.8, 4) is 11.1 Å². The van der Waals surface area contributed by atoms with E-state index in [4.69, 9.17) is 4.98 Å². The van der Waals surface area contributed by atoms with Crippen LogP contribution < -0.4 is 4.90 Å². The topological polar surface area (TPSA) is 29.0 Å². The van der Waals surface area contributed by atoms with Gasteiger partial charge < -0.3 is 0 Å². The minimum atomic E-state index is 0.940. The van der Waals surface area contributed by atoms with E-state index in [1.54, 1.807) is 0 Å². The Hall–Kier alpha value is -3.46. The summed E-state index contributed by atoms with van der Waals surface area (Å²) in [7, 11) is 0. The zero-order valence-corrected chi connectivity index (χ0v) is 15.3. The molecule has 0 spiro atoms. The van der Waals surface area contributed by atoms with Crippen LogP contribution in [0, 0.1) is 0 Å². The van der Waals surface area contributed by atoms with Gasteiger partial charge in [-0.15, -0.1) is 0 Å². The molecule has 0 saturated heterocycles. The summed E-state index contributed by atoms with van der Waals surface area (Å²) in [5, 5.41) is 0. The van der Waals surface area contributed by atoms with E-state index in [-0.39, 0.29) is 0 Å². The van der Waals surface area contributed by atoms with Crippen LogP contribution in [0.15, 0.2) is 67.1 Å². The molecule has 4 aromatic rings. The summed E-state index contributed by atoms with van der Waals surface area (Å²) < 4.78 is 0. The first-order valence-corrected chi connectivity index (χ1v) is 9.81. The highest BCUT2D eigenvalue weighted by molar-refractivity contribution is 5.94. The van der Waals surface area contributed by atoms with Gasteiger partial charge in [0.15, 0.2) is 0 Å². The molecule has 0 atom stereocenters. The first kappa shape index (κ1) is 14.6. The van der Waals surface area contributed by atoms with Crippen molar-refractivity contribution in [1.82, 2.24) is 9.97 Å². The molecule has 2 aromatic carbocycles.